The summed E-state index contributed by atoms with van der Waals surface area (Å²) < 4.78 is 5.24. The zero-order chi connectivity index (χ0) is 14.3. The van der Waals surface area contributed by atoms with Gasteiger partial charge in [0.2, 0.25) is 5.91 Å². The van der Waals surface area contributed by atoms with Crippen LogP contribution in [0.25, 0.3) is 0 Å². The van der Waals surface area contributed by atoms with Crippen LogP contribution in [0, 0.1) is 5.92 Å². The van der Waals surface area contributed by atoms with E-state index in [1.807, 2.05) is 0 Å². The van der Waals surface area contributed by atoms with Crippen molar-refractivity contribution in [2.45, 2.75) is 31.9 Å². The Balaban J connectivity index is 2.11. The fourth-order valence-electron chi connectivity index (χ4n) is 2.09. The number of hydrogen-bond donors (Lipinski definition) is 1. The van der Waals surface area contributed by atoms with Crippen molar-refractivity contribution in [3.05, 3.63) is 0 Å². The minimum Gasteiger partial charge on any atom is -0.383 e. The molecule has 0 aliphatic carbocycles. The van der Waals surface area contributed by atoms with Crippen molar-refractivity contribution >= 4 is 17.7 Å². The van der Waals surface area contributed by atoms with Crippen molar-refractivity contribution in [1.29, 1.82) is 0 Å². The lowest BCUT2D eigenvalue weighted by molar-refractivity contribution is -0.118. The van der Waals surface area contributed by atoms with Crippen LogP contribution in [0.15, 0.2) is 0 Å². The van der Waals surface area contributed by atoms with E-state index in [2.05, 4.69) is 31.0 Å². The third kappa shape index (κ3) is 7.80. The summed E-state index contributed by atoms with van der Waals surface area (Å²) >= 11 is 1.70. The number of hydrogen-bond acceptors (Lipinski definition) is 4. The van der Waals surface area contributed by atoms with Crippen molar-refractivity contribution < 1.29 is 9.53 Å². The number of thioether (sulfide) groups is 1. The number of nitrogens with zero attached hydrogens (tertiary/aromatic N) is 1. The second kappa shape index (κ2) is 8.12. The second-order valence-electron chi connectivity index (χ2n) is 6.15. The maximum absolute atomic E-state index is 11.7. The van der Waals surface area contributed by atoms with Crippen molar-refractivity contribution in [1.82, 2.24) is 10.2 Å². The Morgan fingerprint density at radius 3 is 2.84 bits per heavy atom. The molecule has 1 N–H and O–H groups in total. The van der Waals surface area contributed by atoms with Gasteiger partial charge in [0.1, 0.15) is 0 Å². The van der Waals surface area contributed by atoms with Gasteiger partial charge in [0, 0.05) is 31.5 Å². The number of carbonyl (C=O) groups is 1. The molecule has 1 unspecified atom stereocenters. The Morgan fingerprint density at radius 2 is 2.21 bits per heavy atom. The van der Waals surface area contributed by atoms with Crippen molar-refractivity contribution in [3.8, 4) is 0 Å². The summed E-state index contributed by atoms with van der Waals surface area (Å²) in [5, 5.41) is 3.06. The highest BCUT2D eigenvalue weighted by atomic mass is 32.2. The van der Waals surface area contributed by atoms with Gasteiger partial charge in [-0.3, -0.25) is 4.79 Å². The standard InChI is InChI=1S/C14H28N2O2S/c1-14(2,3)19-11-13(17)15-9-12-5-6-16(10-12)7-8-18-4/h12H,5-11H2,1-4H3,(H,15,17). The smallest absolute Gasteiger partial charge is 0.230 e. The van der Waals surface area contributed by atoms with E-state index < -0.39 is 0 Å². The molecule has 0 aromatic heterocycles. The molecule has 1 fully saturated rings. The molecule has 0 saturated carbocycles. The minimum atomic E-state index is 0.154. The monoisotopic (exact) mass is 288 g/mol. The molecule has 0 bridgehead atoms. The Labute approximate surface area is 121 Å². The first-order valence-electron chi connectivity index (χ1n) is 7.02. The van der Waals surface area contributed by atoms with Crippen LogP contribution < -0.4 is 5.32 Å². The van der Waals surface area contributed by atoms with Crippen LogP contribution >= 0.6 is 11.8 Å². The van der Waals surface area contributed by atoms with Crippen molar-refractivity contribution in [3.63, 3.8) is 0 Å². The lowest BCUT2D eigenvalue weighted by atomic mass is 10.1. The largest absolute Gasteiger partial charge is 0.383 e. The van der Waals surface area contributed by atoms with E-state index in [9.17, 15) is 4.79 Å². The predicted molar refractivity (Wildman–Crippen MR) is 81.6 cm³/mol. The van der Waals surface area contributed by atoms with Gasteiger partial charge in [-0.25, -0.2) is 0 Å². The van der Waals surface area contributed by atoms with Gasteiger partial charge < -0.3 is 15.0 Å². The summed E-state index contributed by atoms with van der Waals surface area (Å²) in [6, 6.07) is 0. The molecule has 4 nitrogen and oxygen atoms in total. The van der Waals surface area contributed by atoms with Gasteiger partial charge in [-0.15, -0.1) is 11.8 Å². The lowest BCUT2D eigenvalue weighted by Gasteiger charge is -2.18. The molecular formula is C14H28N2O2S. The Kier molecular flexibility index (Phi) is 7.18. The van der Waals surface area contributed by atoms with Crippen LogP contribution in [0.3, 0.4) is 0 Å². The SMILES string of the molecule is COCCN1CCC(CNC(=O)CSC(C)(C)C)C1. The van der Waals surface area contributed by atoms with Gasteiger partial charge in [0.15, 0.2) is 0 Å². The molecule has 0 aromatic carbocycles. The van der Waals surface area contributed by atoms with E-state index in [-0.39, 0.29) is 10.7 Å². The summed E-state index contributed by atoms with van der Waals surface area (Å²) in [5.74, 6) is 1.32. The van der Waals surface area contributed by atoms with Crippen LogP contribution in [-0.2, 0) is 9.53 Å². The van der Waals surface area contributed by atoms with E-state index in [0.29, 0.717) is 11.7 Å². The number of likely N-dealkylation sites (tertiary alicyclic amines) is 1. The Morgan fingerprint density at radius 1 is 1.47 bits per heavy atom. The first-order chi connectivity index (χ1) is 8.90. The maximum Gasteiger partial charge on any atom is 0.230 e. The molecule has 1 aliphatic heterocycles. The minimum absolute atomic E-state index is 0.154. The molecule has 1 rings (SSSR count). The molecule has 1 amide bonds. The van der Waals surface area contributed by atoms with E-state index in [0.717, 1.165) is 32.8 Å². The molecule has 112 valence electrons. The first kappa shape index (κ1) is 16.8. The van der Waals surface area contributed by atoms with E-state index in [1.165, 1.54) is 6.42 Å². The Hall–Kier alpha value is -0.260. The first-order valence-corrected chi connectivity index (χ1v) is 8.01. The normalized spacial score (nSPS) is 20.7. The number of rotatable bonds is 7. The van der Waals surface area contributed by atoms with E-state index in [1.54, 1.807) is 18.9 Å². The van der Waals surface area contributed by atoms with Crippen LogP contribution in [0.5, 0.6) is 0 Å². The molecule has 0 aromatic rings. The number of nitrogens with one attached hydrogen (secondary N) is 1. The second-order valence-corrected chi connectivity index (χ2v) is 7.96. The number of amides is 1. The average Bonchev–Trinajstić information content (AvgIpc) is 2.78. The number of carbonyl (C=O) groups excluding carboxylic acids is 1. The topological polar surface area (TPSA) is 41.6 Å². The highest BCUT2D eigenvalue weighted by molar-refractivity contribution is 8.01. The van der Waals surface area contributed by atoms with Gasteiger partial charge in [-0.1, -0.05) is 20.8 Å². The highest BCUT2D eigenvalue weighted by Gasteiger charge is 2.22. The van der Waals surface area contributed by atoms with Gasteiger partial charge in [-0.2, -0.15) is 0 Å². The van der Waals surface area contributed by atoms with Crippen molar-refractivity contribution in [2.24, 2.45) is 5.92 Å². The van der Waals surface area contributed by atoms with Gasteiger partial charge in [0.05, 0.1) is 12.4 Å². The van der Waals surface area contributed by atoms with Gasteiger partial charge in [0.25, 0.3) is 0 Å². The molecule has 5 heteroatoms. The quantitative estimate of drug-likeness (QED) is 0.773. The molecule has 1 saturated heterocycles. The molecule has 19 heavy (non-hydrogen) atoms. The average molecular weight is 288 g/mol. The Bertz CT molecular complexity index is 279. The van der Waals surface area contributed by atoms with E-state index >= 15 is 0 Å². The fourth-order valence-corrected chi connectivity index (χ4v) is 2.76. The molecule has 0 spiro atoms. The van der Waals surface area contributed by atoms with Crippen LogP contribution in [0.2, 0.25) is 0 Å². The fraction of sp³-hybridized carbons (Fsp3) is 0.929. The van der Waals surface area contributed by atoms with Gasteiger partial charge >= 0.3 is 0 Å². The summed E-state index contributed by atoms with van der Waals surface area (Å²) in [6.07, 6.45) is 1.18. The van der Waals surface area contributed by atoms with Crippen LogP contribution in [-0.4, -0.2) is 61.2 Å². The zero-order valence-corrected chi connectivity index (χ0v) is 13.5. The van der Waals surface area contributed by atoms with Crippen LogP contribution in [0.4, 0.5) is 0 Å². The maximum atomic E-state index is 11.7. The zero-order valence-electron chi connectivity index (χ0n) is 12.7. The van der Waals surface area contributed by atoms with Crippen molar-refractivity contribution in [2.75, 3.05) is 45.6 Å². The predicted octanol–water partition coefficient (Wildman–Crippen LogP) is 1.60. The molecule has 1 atom stereocenters. The summed E-state index contributed by atoms with van der Waals surface area (Å²) in [5.41, 5.74) is 0. The summed E-state index contributed by atoms with van der Waals surface area (Å²) in [4.78, 5) is 14.1. The number of ether oxygens (including phenoxy) is 1. The van der Waals surface area contributed by atoms with Gasteiger partial charge in [-0.05, 0) is 18.9 Å². The highest BCUT2D eigenvalue weighted by Crippen LogP contribution is 2.22. The third-order valence-electron chi connectivity index (χ3n) is 3.21. The molecule has 0 radical (unpaired) electrons. The molecular weight excluding hydrogens is 260 g/mol. The molecule has 1 heterocycles. The summed E-state index contributed by atoms with van der Waals surface area (Å²) in [7, 11) is 1.74. The summed E-state index contributed by atoms with van der Waals surface area (Å²) in [6.45, 7) is 11.2. The van der Waals surface area contributed by atoms with Crippen LogP contribution in [0.1, 0.15) is 27.2 Å². The number of methoxy groups -OCH3 is 1. The lowest BCUT2D eigenvalue weighted by Crippen LogP contribution is -2.33. The molecule has 1 aliphatic rings. The third-order valence-corrected chi connectivity index (χ3v) is 4.48. The van der Waals surface area contributed by atoms with E-state index in [4.69, 9.17) is 4.74 Å².